The van der Waals surface area contributed by atoms with Crippen LogP contribution in [0.2, 0.25) is 0 Å². The van der Waals surface area contributed by atoms with E-state index in [2.05, 4.69) is 9.97 Å². The molecule has 25 heavy (non-hydrogen) atoms. The molecule has 6 nitrogen and oxygen atoms in total. The van der Waals surface area contributed by atoms with Crippen LogP contribution in [-0.4, -0.2) is 40.5 Å². The second kappa shape index (κ2) is 6.38. The van der Waals surface area contributed by atoms with Crippen molar-refractivity contribution in [2.45, 2.75) is 32.2 Å². The third-order valence-electron chi connectivity index (χ3n) is 4.70. The van der Waals surface area contributed by atoms with Gasteiger partial charge in [0.1, 0.15) is 30.6 Å². The standard InChI is InChI=1S/C18H20FN3O3/c1-11-16(25-9-8-24-11)18(23)22-7-3-2-4-15(22)17-20-13-6-5-12(19)10-14(13)21-17/h5-6,10,15H,2-4,7-9H2,1H3,(H,20,21). The number of carbonyl (C=O) groups excluding carboxylic acids is 1. The van der Waals surface area contributed by atoms with Crippen molar-refractivity contribution in [3.63, 3.8) is 0 Å². The molecule has 0 aliphatic carbocycles. The number of nitrogens with zero attached hydrogens (tertiary/aromatic N) is 2. The number of allylic oxidation sites excluding steroid dienone is 1. The summed E-state index contributed by atoms with van der Waals surface area (Å²) in [5, 5.41) is 0. The molecule has 1 atom stereocenters. The number of halogens is 1. The molecule has 1 fully saturated rings. The average molecular weight is 345 g/mol. The maximum absolute atomic E-state index is 13.4. The number of benzene rings is 1. The smallest absolute Gasteiger partial charge is 0.293 e. The van der Waals surface area contributed by atoms with Crippen molar-refractivity contribution in [1.29, 1.82) is 0 Å². The van der Waals surface area contributed by atoms with Crippen LogP contribution in [0.15, 0.2) is 29.7 Å². The van der Waals surface area contributed by atoms with Gasteiger partial charge in [-0.25, -0.2) is 9.37 Å². The van der Waals surface area contributed by atoms with E-state index in [-0.39, 0.29) is 23.5 Å². The van der Waals surface area contributed by atoms with Crippen LogP contribution in [0.4, 0.5) is 4.39 Å². The number of ether oxygens (including phenoxy) is 2. The summed E-state index contributed by atoms with van der Waals surface area (Å²) in [5.41, 5.74) is 1.34. The fourth-order valence-corrected chi connectivity index (χ4v) is 3.47. The zero-order valence-electron chi connectivity index (χ0n) is 14.0. The Morgan fingerprint density at radius 3 is 3.00 bits per heavy atom. The molecule has 0 bridgehead atoms. The van der Waals surface area contributed by atoms with Gasteiger partial charge in [0.05, 0.1) is 17.1 Å². The summed E-state index contributed by atoms with van der Waals surface area (Å²) in [6.45, 7) is 3.21. The normalized spacial score (nSPS) is 21.2. The van der Waals surface area contributed by atoms with Gasteiger partial charge in [-0.3, -0.25) is 4.79 Å². The number of aromatic amines is 1. The Morgan fingerprint density at radius 1 is 1.32 bits per heavy atom. The van der Waals surface area contributed by atoms with Crippen molar-refractivity contribution in [1.82, 2.24) is 14.9 Å². The summed E-state index contributed by atoms with van der Waals surface area (Å²) >= 11 is 0. The van der Waals surface area contributed by atoms with Gasteiger partial charge >= 0.3 is 0 Å². The van der Waals surface area contributed by atoms with E-state index in [9.17, 15) is 9.18 Å². The fraction of sp³-hybridized carbons (Fsp3) is 0.444. The van der Waals surface area contributed by atoms with E-state index in [4.69, 9.17) is 9.47 Å². The van der Waals surface area contributed by atoms with E-state index in [1.165, 1.54) is 12.1 Å². The minimum atomic E-state index is -0.312. The molecule has 132 valence electrons. The highest BCUT2D eigenvalue weighted by Gasteiger charge is 2.34. The predicted octanol–water partition coefficient (Wildman–Crippen LogP) is 3.03. The largest absolute Gasteiger partial charge is 0.491 e. The van der Waals surface area contributed by atoms with Crippen molar-refractivity contribution in [3.05, 3.63) is 41.4 Å². The minimum absolute atomic E-state index is 0.173. The van der Waals surface area contributed by atoms with E-state index >= 15 is 0 Å². The molecule has 1 saturated heterocycles. The molecule has 4 rings (SSSR count). The van der Waals surface area contributed by atoms with Crippen LogP contribution in [0.25, 0.3) is 11.0 Å². The van der Waals surface area contributed by atoms with Gasteiger partial charge in [0, 0.05) is 6.54 Å². The van der Waals surface area contributed by atoms with Gasteiger partial charge in [0.2, 0.25) is 5.76 Å². The number of H-pyrrole nitrogens is 1. The molecule has 7 heteroatoms. The van der Waals surface area contributed by atoms with Crippen molar-refractivity contribution in [2.24, 2.45) is 0 Å². The highest BCUT2D eigenvalue weighted by Crippen LogP contribution is 2.32. The van der Waals surface area contributed by atoms with Crippen molar-refractivity contribution in [2.75, 3.05) is 19.8 Å². The average Bonchev–Trinajstić information content (AvgIpc) is 3.04. The van der Waals surface area contributed by atoms with E-state index in [1.54, 1.807) is 17.9 Å². The molecule has 1 aromatic carbocycles. The Hall–Kier alpha value is -2.57. The number of carbonyl (C=O) groups is 1. The first kappa shape index (κ1) is 15.9. The summed E-state index contributed by atoms with van der Waals surface area (Å²) < 4.78 is 24.4. The Balaban J connectivity index is 1.67. The lowest BCUT2D eigenvalue weighted by atomic mass is 10.0. The molecule has 0 radical (unpaired) electrons. The number of likely N-dealkylation sites (tertiary alicyclic amines) is 1. The zero-order chi connectivity index (χ0) is 17.4. The highest BCUT2D eigenvalue weighted by atomic mass is 19.1. The summed E-state index contributed by atoms with van der Waals surface area (Å²) in [6.07, 6.45) is 2.75. The number of aromatic nitrogens is 2. The second-order valence-corrected chi connectivity index (χ2v) is 6.38. The number of hydrogen-bond acceptors (Lipinski definition) is 4. The van der Waals surface area contributed by atoms with Crippen LogP contribution in [0, 0.1) is 5.82 Å². The monoisotopic (exact) mass is 345 g/mol. The Kier molecular flexibility index (Phi) is 4.07. The third kappa shape index (κ3) is 2.94. The van der Waals surface area contributed by atoms with Gasteiger partial charge in [-0.15, -0.1) is 0 Å². The summed E-state index contributed by atoms with van der Waals surface area (Å²) in [4.78, 5) is 22.5. The van der Waals surface area contributed by atoms with Crippen LogP contribution in [0.1, 0.15) is 38.1 Å². The van der Waals surface area contributed by atoms with E-state index < -0.39 is 0 Å². The summed E-state index contributed by atoms with van der Waals surface area (Å²) in [6, 6.07) is 4.27. The molecule has 1 N–H and O–H groups in total. The molecule has 2 aliphatic heterocycles. The molecule has 2 aromatic rings. The predicted molar refractivity (Wildman–Crippen MR) is 89.0 cm³/mol. The van der Waals surface area contributed by atoms with E-state index in [0.717, 1.165) is 19.3 Å². The quantitative estimate of drug-likeness (QED) is 0.908. The Bertz CT molecular complexity index is 845. The van der Waals surface area contributed by atoms with Crippen LogP contribution in [-0.2, 0) is 14.3 Å². The van der Waals surface area contributed by atoms with Crippen molar-refractivity contribution < 1.29 is 18.7 Å². The van der Waals surface area contributed by atoms with Gasteiger partial charge < -0.3 is 19.4 Å². The van der Waals surface area contributed by atoms with Crippen LogP contribution in [0.3, 0.4) is 0 Å². The molecule has 1 unspecified atom stereocenters. The highest BCUT2D eigenvalue weighted by molar-refractivity contribution is 5.92. The van der Waals surface area contributed by atoms with Crippen LogP contribution < -0.4 is 0 Å². The van der Waals surface area contributed by atoms with Crippen LogP contribution >= 0.6 is 0 Å². The summed E-state index contributed by atoms with van der Waals surface area (Å²) in [5.74, 6) is 0.998. The molecule has 1 aromatic heterocycles. The number of amides is 1. The van der Waals surface area contributed by atoms with Gasteiger partial charge in [0.15, 0.2) is 0 Å². The van der Waals surface area contributed by atoms with Gasteiger partial charge in [0.25, 0.3) is 5.91 Å². The number of piperidine rings is 1. The van der Waals surface area contributed by atoms with Crippen LogP contribution in [0.5, 0.6) is 0 Å². The van der Waals surface area contributed by atoms with E-state index in [0.29, 0.717) is 42.4 Å². The Morgan fingerprint density at radius 2 is 2.16 bits per heavy atom. The molecule has 1 amide bonds. The topological polar surface area (TPSA) is 67.5 Å². The number of hydrogen-bond donors (Lipinski definition) is 1. The molecule has 3 heterocycles. The SMILES string of the molecule is CC1=C(C(=O)N2CCCCC2c2nc3ccc(F)cc3[nH]2)OCCO1. The minimum Gasteiger partial charge on any atom is -0.491 e. The first-order chi connectivity index (χ1) is 12.1. The number of fused-ring (bicyclic) bond motifs is 1. The van der Waals surface area contributed by atoms with Gasteiger partial charge in [-0.1, -0.05) is 0 Å². The maximum Gasteiger partial charge on any atom is 0.293 e. The molecule has 0 spiro atoms. The van der Waals surface area contributed by atoms with Gasteiger partial charge in [-0.05, 0) is 44.4 Å². The first-order valence-corrected chi connectivity index (χ1v) is 8.56. The van der Waals surface area contributed by atoms with Crippen molar-refractivity contribution in [3.8, 4) is 0 Å². The fourth-order valence-electron chi connectivity index (χ4n) is 3.47. The number of imidazole rings is 1. The third-order valence-corrected chi connectivity index (χ3v) is 4.70. The number of rotatable bonds is 2. The summed E-state index contributed by atoms with van der Waals surface area (Å²) in [7, 11) is 0. The Labute approximate surface area is 144 Å². The molecular formula is C18H20FN3O3. The maximum atomic E-state index is 13.4. The lowest BCUT2D eigenvalue weighted by Gasteiger charge is -2.35. The molecule has 2 aliphatic rings. The van der Waals surface area contributed by atoms with Gasteiger partial charge in [-0.2, -0.15) is 0 Å². The lowest BCUT2D eigenvalue weighted by Crippen LogP contribution is -2.41. The molecular weight excluding hydrogens is 325 g/mol. The van der Waals surface area contributed by atoms with E-state index in [1.807, 2.05) is 0 Å². The lowest BCUT2D eigenvalue weighted by molar-refractivity contribution is -0.136. The van der Waals surface area contributed by atoms with Crippen molar-refractivity contribution >= 4 is 16.9 Å². The first-order valence-electron chi connectivity index (χ1n) is 8.56. The molecule has 0 saturated carbocycles. The zero-order valence-corrected chi connectivity index (χ0v) is 14.0. The second-order valence-electron chi connectivity index (χ2n) is 6.38. The number of nitrogens with one attached hydrogen (secondary N) is 1.